The van der Waals surface area contributed by atoms with Crippen molar-refractivity contribution in [3.8, 4) is 0 Å². The van der Waals surface area contributed by atoms with Crippen LogP contribution in [-0.4, -0.2) is 19.8 Å². The molecule has 43 heavy (non-hydrogen) atoms. The summed E-state index contributed by atoms with van der Waals surface area (Å²) in [5.41, 5.74) is 4.23. The Hall–Kier alpha value is -4.80. The smallest absolute Gasteiger partial charge is 0.254 e. The van der Waals surface area contributed by atoms with Crippen molar-refractivity contribution in [1.29, 1.82) is 0 Å². The summed E-state index contributed by atoms with van der Waals surface area (Å²) >= 11 is 11.5. The Morgan fingerprint density at radius 1 is 0.767 bits per heavy atom. The van der Waals surface area contributed by atoms with Crippen molar-refractivity contribution in [2.24, 2.45) is 0 Å². The summed E-state index contributed by atoms with van der Waals surface area (Å²) in [7, 11) is 0. The van der Waals surface area contributed by atoms with Gasteiger partial charge in [0.15, 0.2) is 0 Å². The number of benzene rings is 2. The van der Waals surface area contributed by atoms with E-state index >= 15 is 0 Å². The van der Waals surface area contributed by atoms with Gasteiger partial charge in [0.25, 0.3) is 12.4 Å². The Balaban J connectivity index is 0.000000411. The number of aromatic nitrogens is 2. The average molecular weight is 626 g/mol. The normalized spacial score (nSPS) is 11.4. The zero-order valence-electron chi connectivity index (χ0n) is 21.9. The van der Waals surface area contributed by atoms with Crippen LogP contribution in [0.15, 0.2) is 121 Å². The minimum Gasteiger partial charge on any atom is -0.354 e. The Morgan fingerprint density at radius 2 is 1.28 bits per heavy atom. The molecule has 0 radical (unpaired) electrons. The number of para-hydroxylation sites is 2. The highest BCUT2D eigenvalue weighted by atomic mass is 35.5. The molecule has 0 saturated carbocycles. The molecule has 0 aliphatic heterocycles. The lowest BCUT2D eigenvalue weighted by atomic mass is 9.99. The Labute approximate surface area is 261 Å². The maximum Gasteiger partial charge on any atom is 0.254 e. The van der Waals surface area contributed by atoms with Crippen LogP contribution < -0.4 is 10.6 Å². The second-order valence-corrected chi connectivity index (χ2v) is 9.37. The van der Waals surface area contributed by atoms with Gasteiger partial charge in [0.1, 0.15) is 10.3 Å². The van der Waals surface area contributed by atoms with E-state index in [0.717, 1.165) is 34.9 Å². The van der Waals surface area contributed by atoms with Gasteiger partial charge in [0, 0.05) is 36.1 Å². The van der Waals surface area contributed by atoms with Crippen LogP contribution in [0.25, 0.3) is 0 Å². The number of allylic oxidation sites excluding steroid dienone is 2. The molecule has 10 nitrogen and oxygen atoms in total. The van der Waals surface area contributed by atoms with E-state index in [0.29, 0.717) is 28.1 Å². The van der Waals surface area contributed by atoms with Gasteiger partial charge in [-0.05, 0) is 47.5 Å². The third kappa shape index (κ3) is 13.2. The van der Waals surface area contributed by atoms with Crippen molar-refractivity contribution >= 4 is 34.6 Å². The minimum absolute atomic E-state index is 0. The van der Waals surface area contributed by atoms with Gasteiger partial charge in [-0.1, -0.05) is 93.5 Å². The SMILES string of the molecule is C.C.CC(/C(=C\[N+](=O)[O-])Nc1ccccc1)c1ccc(Cl)nc1.O=[N+]([O-])/C=C(\Cc1ccc(Cl)nc1)Nc1ccccc1. The van der Waals surface area contributed by atoms with Crippen molar-refractivity contribution in [3.63, 3.8) is 0 Å². The van der Waals surface area contributed by atoms with Gasteiger partial charge in [-0.2, -0.15) is 0 Å². The third-order valence-electron chi connectivity index (χ3n) is 5.55. The van der Waals surface area contributed by atoms with Crippen molar-refractivity contribution in [3.05, 3.63) is 163 Å². The number of halogens is 2. The predicted octanol–water partition coefficient (Wildman–Crippen LogP) is 8.85. The highest BCUT2D eigenvalue weighted by Gasteiger charge is 2.16. The van der Waals surface area contributed by atoms with E-state index in [-0.39, 0.29) is 20.8 Å². The molecule has 2 aromatic carbocycles. The molecular formula is C31H34Cl2N6O4. The van der Waals surface area contributed by atoms with Gasteiger partial charge in [0.2, 0.25) is 0 Å². The lowest BCUT2D eigenvalue weighted by Crippen LogP contribution is -2.10. The van der Waals surface area contributed by atoms with E-state index in [1.807, 2.05) is 67.6 Å². The molecule has 4 rings (SSSR count). The van der Waals surface area contributed by atoms with Gasteiger partial charge < -0.3 is 10.6 Å². The second kappa shape index (κ2) is 18.6. The topological polar surface area (TPSA) is 136 Å². The first-order valence-corrected chi connectivity index (χ1v) is 13.0. The number of nitrogens with one attached hydrogen (secondary N) is 2. The Kier molecular flexibility index (Phi) is 15.7. The van der Waals surface area contributed by atoms with E-state index in [1.165, 1.54) is 0 Å². The molecule has 0 saturated heterocycles. The number of hydrogen-bond acceptors (Lipinski definition) is 8. The fourth-order valence-electron chi connectivity index (χ4n) is 3.56. The monoisotopic (exact) mass is 624 g/mol. The molecule has 4 aromatic rings. The van der Waals surface area contributed by atoms with Crippen LogP contribution in [0.1, 0.15) is 38.8 Å². The summed E-state index contributed by atoms with van der Waals surface area (Å²) in [6.07, 6.45) is 5.53. The maximum atomic E-state index is 10.8. The second-order valence-electron chi connectivity index (χ2n) is 8.59. The molecule has 12 heteroatoms. The number of nitro groups is 2. The van der Waals surface area contributed by atoms with E-state index in [9.17, 15) is 20.2 Å². The van der Waals surface area contributed by atoms with Crippen LogP contribution in [-0.2, 0) is 6.42 Å². The van der Waals surface area contributed by atoms with Crippen LogP contribution in [0.5, 0.6) is 0 Å². The van der Waals surface area contributed by atoms with Crippen LogP contribution in [0.2, 0.25) is 10.3 Å². The molecule has 2 heterocycles. The summed E-state index contributed by atoms with van der Waals surface area (Å²) in [6.45, 7) is 1.87. The molecule has 0 fully saturated rings. The predicted molar refractivity (Wildman–Crippen MR) is 174 cm³/mol. The highest BCUT2D eigenvalue weighted by molar-refractivity contribution is 6.29. The van der Waals surface area contributed by atoms with Crippen molar-refractivity contribution in [2.45, 2.75) is 34.1 Å². The highest BCUT2D eigenvalue weighted by Crippen LogP contribution is 2.25. The number of pyridine rings is 2. The molecular weight excluding hydrogens is 591 g/mol. The third-order valence-corrected chi connectivity index (χ3v) is 5.99. The molecule has 1 atom stereocenters. The zero-order chi connectivity index (χ0) is 29.6. The fourth-order valence-corrected chi connectivity index (χ4v) is 3.79. The first kappa shape index (κ1) is 36.2. The minimum atomic E-state index is -0.478. The molecule has 0 aliphatic carbocycles. The van der Waals surface area contributed by atoms with E-state index in [4.69, 9.17) is 23.2 Å². The Bertz CT molecular complexity index is 1480. The number of nitrogens with zero attached hydrogens (tertiary/aromatic N) is 4. The molecule has 226 valence electrons. The summed E-state index contributed by atoms with van der Waals surface area (Å²) in [4.78, 5) is 28.6. The van der Waals surface area contributed by atoms with Gasteiger partial charge in [-0.15, -0.1) is 0 Å². The van der Waals surface area contributed by atoms with Gasteiger partial charge in [0.05, 0.1) is 21.2 Å². The number of anilines is 2. The Morgan fingerprint density at radius 3 is 1.74 bits per heavy atom. The van der Waals surface area contributed by atoms with Crippen LogP contribution >= 0.6 is 23.2 Å². The van der Waals surface area contributed by atoms with Gasteiger partial charge in [-0.3, -0.25) is 20.2 Å². The van der Waals surface area contributed by atoms with Crippen LogP contribution in [0.4, 0.5) is 11.4 Å². The number of hydrogen-bond donors (Lipinski definition) is 2. The molecule has 0 aliphatic rings. The molecule has 2 aromatic heterocycles. The first-order valence-electron chi connectivity index (χ1n) is 12.2. The standard InChI is InChI=1S/C15H14ClN3O2.C14H12ClN3O2.2CH4/c1-11(12-7-8-15(16)17-9-12)14(10-19(20)21)18-13-5-3-2-4-6-13;15-14-7-6-11(9-16-14)8-13(10-18(19)20)17-12-4-2-1-3-5-12;;/h2-11,18H,1H3;1-7,9-10,17H,8H2;2*1H4/b14-10+;13-10+;;. The van der Waals surface area contributed by atoms with E-state index in [2.05, 4.69) is 20.6 Å². The molecule has 0 spiro atoms. The van der Waals surface area contributed by atoms with Crippen LogP contribution in [0, 0.1) is 20.2 Å². The molecule has 0 amide bonds. The number of rotatable bonds is 10. The first-order chi connectivity index (χ1) is 19.7. The van der Waals surface area contributed by atoms with E-state index < -0.39 is 9.85 Å². The summed E-state index contributed by atoms with van der Waals surface area (Å²) in [6, 6.07) is 25.5. The molecule has 2 N–H and O–H groups in total. The maximum absolute atomic E-state index is 10.8. The van der Waals surface area contributed by atoms with Gasteiger partial charge >= 0.3 is 0 Å². The molecule has 1 unspecified atom stereocenters. The van der Waals surface area contributed by atoms with Crippen molar-refractivity contribution in [2.75, 3.05) is 10.6 Å². The van der Waals surface area contributed by atoms with Crippen molar-refractivity contribution < 1.29 is 9.85 Å². The summed E-state index contributed by atoms with van der Waals surface area (Å²) < 4.78 is 0. The quantitative estimate of drug-likeness (QED) is 0.101. The lowest BCUT2D eigenvalue weighted by Gasteiger charge is -2.16. The zero-order valence-corrected chi connectivity index (χ0v) is 23.4. The van der Waals surface area contributed by atoms with Crippen LogP contribution in [0.3, 0.4) is 0 Å². The van der Waals surface area contributed by atoms with Crippen molar-refractivity contribution in [1.82, 2.24) is 9.97 Å². The largest absolute Gasteiger partial charge is 0.354 e. The van der Waals surface area contributed by atoms with Gasteiger partial charge in [-0.25, -0.2) is 9.97 Å². The summed E-state index contributed by atoms with van der Waals surface area (Å²) in [5, 5.41) is 28.4. The lowest BCUT2D eigenvalue weighted by molar-refractivity contribution is -0.403. The van der Waals surface area contributed by atoms with E-state index in [1.54, 1.807) is 36.7 Å². The average Bonchev–Trinajstić information content (AvgIpc) is 2.95. The fraction of sp³-hybridized carbons (Fsp3) is 0.161. The molecule has 0 bridgehead atoms. The summed E-state index contributed by atoms with van der Waals surface area (Å²) in [5.74, 6) is -0.208.